The normalized spacial score (nSPS) is 23.5. The highest BCUT2D eigenvalue weighted by atomic mass is 32.2. The monoisotopic (exact) mass is 250 g/mol. The molecule has 0 aromatic rings. The highest BCUT2D eigenvalue weighted by Gasteiger charge is 2.34. The van der Waals surface area contributed by atoms with Crippen LogP contribution >= 0.6 is 0 Å². The molecule has 1 N–H and O–H groups in total. The van der Waals surface area contributed by atoms with Crippen LogP contribution in [0.2, 0.25) is 0 Å². The molecule has 1 aliphatic rings. The van der Waals surface area contributed by atoms with Gasteiger partial charge < -0.3 is 5.11 Å². The summed E-state index contributed by atoms with van der Waals surface area (Å²) in [6.45, 7) is 4.97. The lowest BCUT2D eigenvalue weighted by Crippen LogP contribution is -2.43. The first-order valence-electron chi connectivity index (χ1n) is 5.73. The molecule has 0 amide bonds. The largest absolute Gasteiger partial charge is 0.396 e. The number of aliphatic hydroxyl groups is 1. The number of rotatable bonds is 5. The van der Waals surface area contributed by atoms with Gasteiger partial charge >= 0.3 is 0 Å². The zero-order valence-corrected chi connectivity index (χ0v) is 11.1. The lowest BCUT2D eigenvalue weighted by Gasteiger charge is -2.26. The summed E-state index contributed by atoms with van der Waals surface area (Å²) in [5.41, 5.74) is 0. The minimum atomic E-state index is -3.30. The van der Waals surface area contributed by atoms with Gasteiger partial charge in [-0.05, 0) is 32.6 Å². The van der Waals surface area contributed by atoms with Crippen LogP contribution in [0.25, 0.3) is 0 Å². The predicted molar refractivity (Wildman–Crippen MR) is 63.2 cm³/mol. The molecule has 0 spiro atoms. The van der Waals surface area contributed by atoms with Gasteiger partial charge in [0.05, 0.1) is 0 Å². The molecule has 96 valence electrons. The maximum absolute atomic E-state index is 12.1. The smallest absolute Gasteiger partial charge is 0.281 e. The summed E-state index contributed by atoms with van der Waals surface area (Å²) in [6, 6.07) is -0.0260. The third-order valence-corrected chi connectivity index (χ3v) is 5.34. The summed E-state index contributed by atoms with van der Waals surface area (Å²) in [5.74, 6) is 0.306. The standard InChI is InChI=1S/C10H22N2O3S/c1-9(2)11(3)16(14,15)12-6-4-10(8-12)5-7-13/h9-10,13H,4-8H2,1-3H3. The first-order chi connectivity index (χ1) is 7.39. The second-order valence-corrected chi connectivity index (χ2v) is 6.63. The molecule has 5 nitrogen and oxygen atoms in total. The van der Waals surface area contributed by atoms with Gasteiger partial charge in [0.1, 0.15) is 0 Å². The molecular weight excluding hydrogens is 228 g/mol. The van der Waals surface area contributed by atoms with Crippen LogP contribution in [-0.4, -0.2) is 54.9 Å². The Morgan fingerprint density at radius 2 is 2.12 bits per heavy atom. The van der Waals surface area contributed by atoms with E-state index in [4.69, 9.17) is 5.11 Å². The van der Waals surface area contributed by atoms with Crippen molar-refractivity contribution in [1.29, 1.82) is 0 Å². The summed E-state index contributed by atoms with van der Waals surface area (Å²) in [6.07, 6.45) is 1.54. The molecular formula is C10H22N2O3S. The van der Waals surface area contributed by atoms with Gasteiger partial charge in [-0.15, -0.1) is 0 Å². The van der Waals surface area contributed by atoms with E-state index in [-0.39, 0.29) is 12.6 Å². The molecule has 1 fully saturated rings. The van der Waals surface area contributed by atoms with E-state index in [0.717, 1.165) is 6.42 Å². The highest BCUT2D eigenvalue weighted by molar-refractivity contribution is 7.86. The van der Waals surface area contributed by atoms with Gasteiger partial charge in [0, 0.05) is 32.8 Å². The van der Waals surface area contributed by atoms with Crippen molar-refractivity contribution in [1.82, 2.24) is 8.61 Å². The van der Waals surface area contributed by atoms with Crippen LogP contribution in [-0.2, 0) is 10.2 Å². The van der Waals surface area contributed by atoms with Gasteiger partial charge in [-0.1, -0.05) is 0 Å². The van der Waals surface area contributed by atoms with Gasteiger partial charge in [-0.25, -0.2) is 0 Å². The lowest BCUT2D eigenvalue weighted by molar-refractivity contribution is 0.258. The van der Waals surface area contributed by atoms with E-state index in [9.17, 15) is 8.42 Å². The van der Waals surface area contributed by atoms with Gasteiger partial charge in [0.15, 0.2) is 0 Å². The predicted octanol–water partition coefficient (Wildman–Crippen LogP) is 0.276. The zero-order chi connectivity index (χ0) is 12.3. The first-order valence-corrected chi connectivity index (χ1v) is 7.13. The average molecular weight is 250 g/mol. The third kappa shape index (κ3) is 2.94. The number of hydrogen-bond donors (Lipinski definition) is 1. The van der Waals surface area contributed by atoms with Crippen molar-refractivity contribution in [2.75, 3.05) is 26.7 Å². The van der Waals surface area contributed by atoms with E-state index in [1.807, 2.05) is 13.8 Å². The van der Waals surface area contributed by atoms with Crippen molar-refractivity contribution in [3.63, 3.8) is 0 Å². The molecule has 0 aliphatic carbocycles. The van der Waals surface area contributed by atoms with Crippen LogP contribution in [0.3, 0.4) is 0 Å². The zero-order valence-electron chi connectivity index (χ0n) is 10.3. The third-order valence-electron chi connectivity index (χ3n) is 3.20. The van der Waals surface area contributed by atoms with E-state index >= 15 is 0 Å². The van der Waals surface area contributed by atoms with E-state index in [1.165, 1.54) is 8.61 Å². The molecule has 1 unspecified atom stereocenters. The molecule has 1 aliphatic heterocycles. The van der Waals surface area contributed by atoms with Gasteiger partial charge in [-0.3, -0.25) is 0 Å². The van der Waals surface area contributed by atoms with E-state index in [2.05, 4.69) is 0 Å². The molecule has 1 rings (SSSR count). The summed E-state index contributed by atoms with van der Waals surface area (Å²) >= 11 is 0. The Labute approximate surface area is 98.2 Å². The SMILES string of the molecule is CC(C)N(C)S(=O)(=O)N1CCC(CCO)C1. The molecule has 0 saturated carbocycles. The molecule has 0 aromatic heterocycles. The fourth-order valence-corrected chi connectivity index (χ4v) is 3.51. The summed E-state index contributed by atoms with van der Waals surface area (Å²) in [5, 5.41) is 8.83. The van der Waals surface area contributed by atoms with Gasteiger partial charge in [-0.2, -0.15) is 17.0 Å². The topological polar surface area (TPSA) is 60.9 Å². The van der Waals surface area contributed by atoms with Crippen molar-refractivity contribution in [3.05, 3.63) is 0 Å². The summed E-state index contributed by atoms with van der Waals surface area (Å²) in [4.78, 5) is 0. The molecule has 1 heterocycles. The van der Waals surface area contributed by atoms with Gasteiger partial charge in [0.2, 0.25) is 0 Å². The Morgan fingerprint density at radius 1 is 1.50 bits per heavy atom. The van der Waals surface area contributed by atoms with Crippen LogP contribution in [0.1, 0.15) is 26.7 Å². The van der Waals surface area contributed by atoms with Crippen LogP contribution in [0.15, 0.2) is 0 Å². The van der Waals surface area contributed by atoms with E-state index in [0.29, 0.717) is 25.4 Å². The molecule has 6 heteroatoms. The Balaban J connectivity index is 2.65. The number of hydrogen-bond acceptors (Lipinski definition) is 3. The fraction of sp³-hybridized carbons (Fsp3) is 1.00. The minimum Gasteiger partial charge on any atom is -0.396 e. The van der Waals surface area contributed by atoms with Crippen LogP contribution in [0, 0.1) is 5.92 Å². The van der Waals surface area contributed by atoms with Crippen molar-refractivity contribution in [3.8, 4) is 0 Å². The van der Waals surface area contributed by atoms with Crippen molar-refractivity contribution in [2.24, 2.45) is 5.92 Å². The summed E-state index contributed by atoms with van der Waals surface area (Å²) in [7, 11) is -1.69. The summed E-state index contributed by atoms with van der Waals surface area (Å²) < 4.78 is 27.1. The van der Waals surface area contributed by atoms with E-state index < -0.39 is 10.2 Å². The number of aliphatic hydroxyl groups excluding tert-OH is 1. The second-order valence-electron chi connectivity index (χ2n) is 4.64. The Hall–Kier alpha value is -0.170. The number of nitrogens with zero attached hydrogens (tertiary/aromatic N) is 2. The molecule has 0 bridgehead atoms. The Bertz CT molecular complexity index is 316. The first kappa shape index (κ1) is 13.9. The van der Waals surface area contributed by atoms with Crippen molar-refractivity contribution >= 4 is 10.2 Å². The molecule has 1 saturated heterocycles. The van der Waals surface area contributed by atoms with Crippen LogP contribution in [0.4, 0.5) is 0 Å². The molecule has 0 radical (unpaired) electrons. The van der Waals surface area contributed by atoms with Crippen LogP contribution in [0.5, 0.6) is 0 Å². The van der Waals surface area contributed by atoms with Gasteiger partial charge in [0.25, 0.3) is 10.2 Å². The highest BCUT2D eigenvalue weighted by Crippen LogP contribution is 2.23. The van der Waals surface area contributed by atoms with Crippen LogP contribution < -0.4 is 0 Å². The maximum atomic E-state index is 12.1. The molecule has 0 aromatic carbocycles. The average Bonchev–Trinajstić information content (AvgIpc) is 2.66. The maximum Gasteiger partial charge on any atom is 0.281 e. The quantitative estimate of drug-likeness (QED) is 0.762. The lowest BCUT2D eigenvalue weighted by atomic mass is 10.1. The van der Waals surface area contributed by atoms with Crippen molar-refractivity contribution < 1.29 is 13.5 Å². The van der Waals surface area contributed by atoms with E-state index in [1.54, 1.807) is 7.05 Å². The fourth-order valence-electron chi connectivity index (χ4n) is 1.87. The van der Waals surface area contributed by atoms with Crippen molar-refractivity contribution in [2.45, 2.75) is 32.7 Å². The Kier molecular flexibility index (Phi) is 4.73. The molecule has 1 atom stereocenters. The Morgan fingerprint density at radius 3 is 2.62 bits per heavy atom. The second kappa shape index (κ2) is 5.44. The molecule has 16 heavy (non-hydrogen) atoms. The minimum absolute atomic E-state index is 0.0260.